The van der Waals surface area contributed by atoms with E-state index >= 15 is 0 Å². The van der Waals surface area contributed by atoms with E-state index < -0.39 is 0 Å². The molecule has 1 aliphatic carbocycles. The van der Waals surface area contributed by atoms with Gasteiger partial charge < -0.3 is 15.0 Å². The summed E-state index contributed by atoms with van der Waals surface area (Å²) < 4.78 is 7.01. The maximum absolute atomic E-state index is 12.9. The summed E-state index contributed by atoms with van der Waals surface area (Å²) in [6.45, 7) is 2.17. The van der Waals surface area contributed by atoms with Crippen molar-refractivity contribution in [2.24, 2.45) is 0 Å². The number of imidazole rings is 1. The lowest BCUT2D eigenvalue weighted by Crippen LogP contribution is -2.41. The lowest BCUT2D eigenvalue weighted by atomic mass is 10.2. The molecular weight excluding hydrogens is 320 g/mol. The summed E-state index contributed by atoms with van der Waals surface area (Å²) >= 11 is 0. The average Bonchev–Trinajstić information content (AvgIpc) is 3.29. The molecule has 1 saturated carbocycles. The van der Waals surface area contributed by atoms with Crippen molar-refractivity contribution in [1.29, 1.82) is 0 Å². The third kappa shape index (κ3) is 3.11. The molecule has 2 aromatic heterocycles. The predicted octanol–water partition coefficient (Wildman–Crippen LogP) is 1.48. The third-order valence-corrected chi connectivity index (χ3v) is 4.94. The molecule has 3 heterocycles. The summed E-state index contributed by atoms with van der Waals surface area (Å²) in [6.07, 6.45) is 6.09. The Balaban J connectivity index is 1.65. The highest BCUT2D eigenvalue weighted by molar-refractivity contribution is 6.02. The zero-order valence-electron chi connectivity index (χ0n) is 14.1. The molecule has 7 nitrogen and oxygen atoms in total. The number of hydrogen-bond donors (Lipinski definition) is 1. The van der Waals surface area contributed by atoms with Crippen LogP contribution in [0.3, 0.4) is 0 Å². The Morgan fingerprint density at radius 1 is 1.16 bits per heavy atom. The summed E-state index contributed by atoms with van der Waals surface area (Å²) in [6, 6.07) is 5.73. The van der Waals surface area contributed by atoms with Crippen molar-refractivity contribution in [2.45, 2.75) is 31.7 Å². The van der Waals surface area contributed by atoms with Gasteiger partial charge in [-0.05, 0) is 25.0 Å². The lowest BCUT2D eigenvalue weighted by molar-refractivity contribution is 0.0300. The van der Waals surface area contributed by atoms with E-state index in [1.807, 2.05) is 18.2 Å². The summed E-state index contributed by atoms with van der Waals surface area (Å²) in [4.78, 5) is 31.7. The zero-order chi connectivity index (χ0) is 17.2. The normalized spacial score (nSPS) is 18.6. The first-order valence-corrected chi connectivity index (χ1v) is 8.89. The summed E-state index contributed by atoms with van der Waals surface area (Å²) in [5.74, 6) is -0.0832. The second-order valence-corrected chi connectivity index (χ2v) is 6.60. The van der Waals surface area contributed by atoms with Gasteiger partial charge in [0.25, 0.3) is 11.8 Å². The van der Waals surface area contributed by atoms with E-state index in [1.54, 1.807) is 15.5 Å². The van der Waals surface area contributed by atoms with Crippen LogP contribution in [0, 0.1) is 0 Å². The van der Waals surface area contributed by atoms with Crippen molar-refractivity contribution in [3.8, 4) is 0 Å². The molecule has 0 aromatic carbocycles. The Kier molecular flexibility index (Phi) is 4.40. The van der Waals surface area contributed by atoms with Gasteiger partial charge in [0.05, 0.1) is 18.7 Å². The highest BCUT2D eigenvalue weighted by Crippen LogP contribution is 2.20. The minimum atomic E-state index is -0.214. The van der Waals surface area contributed by atoms with Gasteiger partial charge in [0.1, 0.15) is 0 Å². The second-order valence-electron chi connectivity index (χ2n) is 6.60. The molecule has 7 heteroatoms. The molecule has 25 heavy (non-hydrogen) atoms. The standard InChI is InChI=1S/C18H22N4O3/c23-17(19-13-5-1-2-6-13)16-20-15(14-7-3-4-8-22(14)16)18(24)21-9-11-25-12-10-21/h3-4,7-8,13H,1-2,5-6,9-12H2,(H,19,23). The van der Waals surface area contributed by atoms with E-state index in [1.165, 1.54) is 0 Å². The Bertz CT molecular complexity index is 789. The van der Waals surface area contributed by atoms with Gasteiger partial charge in [-0.3, -0.25) is 14.0 Å². The van der Waals surface area contributed by atoms with Gasteiger partial charge in [0, 0.05) is 25.3 Å². The van der Waals surface area contributed by atoms with Crippen LogP contribution in [0.15, 0.2) is 24.4 Å². The Labute approximate surface area is 146 Å². The average molecular weight is 342 g/mol. The van der Waals surface area contributed by atoms with Crippen LogP contribution >= 0.6 is 0 Å². The van der Waals surface area contributed by atoms with E-state index in [9.17, 15) is 9.59 Å². The Morgan fingerprint density at radius 2 is 1.92 bits per heavy atom. The van der Waals surface area contributed by atoms with Crippen molar-refractivity contribution >= 4 is 17.3 Å². The SMILES string of the molecule is O=C(NC1CCCC1)c1nc(C(=O)N2CCOCC2)c2ccccn12. The monoisotopic (exact) mass is 342 g/mol. The number of fused-ring (bicyclic) bond motifs is 1. The van der Waals surface area contributed by atoms with Crippen LogP contribution in [0.5, 0.6) is 0 Å². The number of nitrogens with zero attached hydrogens (tertiary/aromatic N) is 3. The smallest absolute Gasteiger partial charge is 0.287 e. The molecule has 1 saturated heterocycles. The van der Waals surface area contributed by atoms with Crippen molar-refractivity contribution in [2.75, 3.05) is 26.3 Å². The number of carbonyl (C=O) groups is 2. The van der Waals surface area contributed by atoms with Crippen LogP contribution < -0.4 is 5.32 Å². The van der Waals surface area contributed by atoms with Crippen LogP contribution in [0.4, 0.5) is 0 Å². The highest BCUT2D eigenvalue weighted by atomic mass is 16.5. The maximum atomic E-state index is 12.9. The number of nitrogens with one attached hydrogen (secondary N) is 1. The first-order valence-electron chi connectivity index (χ1n) is 8.89. The van der Waals surface area contributed by atoms with Crippen LogP contribution in [-0.4, -0.2) is 58.4 Å². The number of hydrogen-bond acceptors (Lipinski definition) is 4. The third-order valence-electron chi connectivity index (χ3n) is 4.94. The first-order chi connectivity index (χ1) is 12.2. The van der Waals surface area contributed by atoms with Gasteiger partial charge in [-0.1, -0.05) is 18.9 Å². The number of ether oxygens (including phenoxy) is 1. The molecule has 0 spiro atoms. The van der Waals surface area contributed by atoms with Crippen molar-refractivity contribution in [1.82, 2.24) is 19.6 Å². The van der Waals surface area contributed by atoms with E-state index in [-0.39, 0.29) is 23.7 Å². The van der Waals surface area contributed by atoms with Crippen LogP contribution in [0.25, 0.3) is 5.52 Å². The number of rotatable bonds is 3. The zero-order valence-corrected chi connectivity index (χ0v) is 14.1. The second kappa shape index (κ2) is 6.84. The molecule has 132 valence electrons. The van der Waals surface area contributed by atoms with Gasteiger partial charge >= 0.3 is 0 Å². The van der Waals surface area contributed by atoms with Crippen LogP contribution in [0.1, 0.15) is 46.8 Å². The van der Waals surface area contributed by atoms with Crippen LogP contribution in [0.2, 0.25) is 0 Å². The number of morpholine rings is 1. The minimum Gasteiger partial charge on any atom is -0.378 e. The number of carbonyl (C=O) groups excluding carboxylic acids is 2. The fourth-order valence-electron chi connectivity index (χ4n) is 3.59. The molecule has 1 N–H and O–H groups in total. The summed E-state index contributed by atoms with van der Waals surface area (Å²) in [5, 5.41) is 3.05. The van der Waals surface area contributed by atoms with Crippen molar-refractivity contribution in [3.05, 3.63) is 35.9 Å². The van der Waals surface area contributed by atoms with Gasteiger partial charge in [-0.25, -0.2) is 4.98 Å². The minimum absolute atomic E-state index is 0.146. The van der Waals surface area contributed by atoms with Gasteiger partial charge in [-0.15, -0.1) is 0 Å². The molecule has 0 unspecified atom stereocenters. The van der Waals surface area contributed by atoms with Gasteiger partial charge in [-0.2, -0.15) is 0 Å². The van der Waals surface area contributed by atoms with E-state index in [4.69, 9.17) is 4.74 Å². The topological polar surface area (TPSA) is 75.9 Å². The summed E-state index contributed by atoms with van der Waals surface area (Å²) in [7, 11) is 0. The molecular formula is C18H22N4O3. The quantitative estimate of drug-likeness (QED) is 0.917. The Hall–Kier alpha value is -2.41. The first kappa shape index (κ1) is 16.1. The molecule has 2 aliphatic rings. The molecule has 0 bridgehead atoms. The predicted molar refractivity (Wildman–Crippen MR) is 91.6 cm³/mol. The lowest BCUT2D eigenvalue weighted by Gasteiger charge is -2.26. The Morgan fingerprint density at radius 3 is 2.68 bits per heavy atom. The fraction of sp³-hybridized carbons (Fsp3) is 0.500. The van der Waals surface area contributed by atoms with E-state index in [0.29, 0.717) is 37.5 Å². The molecule has 0 radical (unpaired) electrons. The van der Waals surface area contributed by atoms with E-state index in [0.717, 1.165) is 25.7 Å². The fourth-order valence-corrected chi connectivity index (χ4v) is 3.59. The molecule has 2 fully saturated rings. The molecule has 2 aromatic rings. The van der Waals surface area contributed by atoms with Crippen LogP contribution in [-0.2, 0) is 4.74 Å². The number of aromatic nitrogens is 2. The van der Waals surface area contributed by atoms with Crippen molar-refractivity contribution in [3.63, 3.8) is 0 Å². The van der Waals surface area contributed by atoms with Gasteiger partial charge in [0.2, 0.25) is 5.82 Å². The largest absolute Gasteiger partial charge is 0.378 e. The molecule has 1 aliphatic heterocycles. The van der Waals surface area contributed by atoms with Gasteiger partial charge in [0.15, 0.2) is 5.69 Å². The van der Waals surface area contributed by atoms with E-state index in [2.05, 4.69) is 10.3 Å². The molecule has 2 amide bonds. The molecule has 4 rings (SSSR count). The maximum Gasteiger partial charge on any atom is 0.287 e. The summed E-state index contributed by atoms with van der Waals surface area (Å²) in [5.41, 5.74) is 0.995. The molecule has 0 atom stereocenters. The highest BCUT2D eigenvalue weighted by Gasteiger charge is 2.27. The van der Waals surface area contributed by atoms with Crippen molar-refractivity contribution < 1.29 is 14.3 Å². The number of pyridine rings is 1. The number of amides is 2.